The number of amides is 3. The summed E-state index contributed by atoms with van der Waals surface area (Å²) in [5.74, 6) is 0.629. The molecule has 8 heteroatoms. The number of piperidine rings is 1. The van der Waals surface area contributed by atoms with Crippen LogP contribution < -0.4 is 5.32 Å². The number of carbonyl (C=O) groups is 3. The first kappa shape index (κ1) is 22.0. The number of carbonyl (C=O) groups excluding carboxylic acids is 3. The van der Waals surface area contributed by atoms with Crippen LogP contribution in [0.3, 0.4) is 0 Å². The molecule has 0 saturated carbocycles. The minimum absolute atomic E-state index is 0.0174. The third-order valence-corrected chi connectivity index (χ3v) is 7.69. The summed E-state index contributed by atoms with van der Waals surface area (Å²) in [5, 5.41) is 2.90. The Kier molecular flexibility index (Phi) is 5.94. The molecule has 1 aromatic rings. The highest BCUT2D eigenvalue weighted by Gasteiger charge is 2.57. The summed E-state index contributed by atoms with van der Waals surface area (Å²) >= 11 is 1.70. The van der Waals surface area contributed by atoms with Crippen LogP contribution in [0, 0.1) is 0 Å². The summed E-state index contributed by atoms with van der Waals surface area (Å²) in [5.41, 5.74) is 0.524. The highest BCUT2D eigenvalue weighted by atomic mass is 32.2. The lowest BCUT2D eigenvalue weighted by atomic mass is 10.0. The van der Waals surface area contributed by atoms with Crippen LogP contribution in [0.25, 0.3) is 0 Å². The van der Waals surface area contributed by atoms with E-state index in [1.165, 1.54) is 0 Å². The molecule has 7 nitrogen and oxygen atoms in total. The average Bonchev–Trinajstić information content (AvgIpc) is 3.26. The monoisotopic (exact) mass is 445 g/mol. The Morgan fingerprint density at radius 1 is 1.23 bits per heavy atom. The second-order valence-corrected chi connectivity index (χ2v) is 10.8. The Bertz CT molecular complexity index is 856. The van der Waals surface area contributed by atoms with Crippen LogP contribution in [0.2, 0.25) is 0 Å². The van der Waals surface area contributed by atoms with Crippen LogP contribution in [-0.2, 0) is 19.2 Å². The molecule has 0 aliphatic carbocycles. The van der Waals surface area contributed by atoms with Gasteiger partial charge in [0, 0.05) is 31.3 Å². The van der Waals surface area contributed by atoms with E-state index in [9.17, 15) is 14.4 Å². The van der Waals surface area contributed by atoms with Crippen molar-refractivity contribution in [1.29, 1.82) is 0 Å². The van der Waals surface area contributed by atoms with Crippen LogP contribution in [0.1, 0.15) is 52.0 Å². The van der Waals surface area contributed by atoms with Gasteiger partial charge in [-0.1, -0.05) is 30.3 Å². The van der Waals surface area contributed by atoms with E-state index in [1.807, 2.05) is 60.9 Å². The molecule has 3 atom stereocenters. The molecule has 1 N–H and O–H groups in total. The first-order chi connectivity index (χ1) is 14.7. The van der Waals surface area contributed by atoms with Crippen molar-refractivity contribution in [3.63, 3.8) is 0 Å². The van der Waals surface area contributed by atoms with Crippen molar-refractivity contribution >= 4 is 29.7 Å². The predicted molar refractivity (Wildman–Crippen MR) is 119 cm³/mol. The maximum Gasteiger partial charge on any atom is 0.407 e. The van der Waals surface area contributed by atoms with E-state index in [2.05, 4.69) is 5.32 Å². The third kappa shape index (κ3) is 4.40. The predicted octanol–water partition coefficient (Wildman–Crippen LogP) is 3.09. The van der Waals surface area contributed by atoms with Crippen molar-refractivity contribution < 1.29 is 19.1 Å². The molecule has 3 aliphatic rings. The second-order valence-electron chi connectivity index (χ2n) is 9.51. The lowest BCUT2D eigenvalue weighted by Gasteiger charge is -2.38. The third-order valence-electron chi connectivity index (χ3n) is 6.09. The number of benzene rings is 1. The number of nitrogens with zero attached hydrogens (tertiary/aromatic N) is 2. The van der Waals surface area contributed by atoms with Gasteiger partial charge < -0.3 is 19.9 Å². The van der Waals surface area contributed by atoms with Crippen molar-refractivity contribution in [2.24, 2.45) is 0 Å². The Hall–Kier alpha value is -2.22. The van der Waals surface area contributed by atoms with Crippen LogP contribution in [0.15, 0.2) is 30.3 Å². The normalized spacial score (nSPS) is 28.4. The van der Waals surface area contributed by atoms with Gasteiger partial charge in [-0.25, -0.2) is 4.79 Å². The molecular formula is C23H31N3O4S. The van der Waals surface area contributed by atoms with Crippen molar-refractivity contribution in [3.05, 3.63) is 35.9 Å². The standard InChI is InChI=1S/C23H31N3O4S/c1-22(2,3)30-21(29)24-17-10-7-13-25(14-17)20(28)18-15-31-23(12-11-19(27)26(18)23)16-8-5-4-6-9-16/h4-6,8-9,17-18H,7,10-15H2,1-3H3,(H,24,29)/t17-,18-,23+/m1/s1. The number of alkyl carbamates (subject to hydrolysis) is 1. The summed E-state index contributed by atoms with van der Waals surface area (Å²) in [6.07, 6.45) is 2.35. The minimum Gasteiger partial charge on any atom is -0.444 e. The van der Waals surface area contributed by atoms with E-state index < -0.39 is 22.6 Å². The molecule has 3 saturated heterocycles. The number of nitrogens with one attached hydrogen (secondary N) is 1. The van der Waals surface area contributed by atoms with Crippen LogP contribution in [-0.4, -0.2) is 64.2 Å². The maximum absolute atomic E-state index is 13.5. The molecular weight excluding hydrogens is 414 g/mol. The van der Waals surface area contributed by atoms with Gasteiger partial charge in [0.15, 0.2) is 0 Å². The second kappa shape index (κ2) is 8.37. The average molecular weight is 446 g/mol. The number of hydrogen-bond donors (Lipinski definition) is 1. The minimum atomic E-state index is -0.563. The zero-order valence-electron chi connectivity index (χ0n) is 18.4. The summed E-state index contributed by atoms with van der Waals surface area (Å²) in [4.78, 5) is 41.7. The molecule has 3 amide bonds. The van der Waals surface area contributed by atoms with Crippen molar-refractivity contribution in [2.75, 3.05) is 18.8 Å². The van der Waals surface area contributed by atoms with E-state index >= 15 is 0 Å². The Morgan fingerprint density at radius 2 is 1.97 bits per heavy atom. The largest absolute Gasteiger partial charge is 0.444 e. The van der Waals surface area contributed by atoms with E-state index in [0.717, 1.165) is 24.8 Å². The number of ether oxygens (including phenoxy) is 1. The highest BCUT2D eigenvalue weighted by molar-refractivity contribution is 8.00. The van der Waals surface area contributed by atoms with Gasteiger partial charge in [-0.05, 0) is 45.6 Å². The number of thioether (sulfide) groups is 1. The molecule has 3 aliphatic heterocycles. The smallest absolute Gasteiger partial charge is 0.407 e. The summed E-state index contributed by atoms with van der Waals surface area (Å²) in [6.45, 7) is 6.57. The molecule has 0 spiro atoms. The summed E-state index contributed by atoms with van der Waals surface area (Å²) < 4.78 is 5.36. The number of likely N-dealkylation sites (tertiary alicyclic amines) is 1. The topological polar surface area (TPSA) is 79.0 Å². The van der Waals surface area contributed by atoms with Crippen molar-refractivity contribution in [3.8, 4) is 0 Å². The van der Waals surface area contributed by atoms with Gasteiger partial charge in [0.25, 0.3) is 0 Å². The lowest BCUT2D eigenvalue weighted by Crippen LogP contribution is -2.56. The number of rotatable bonds is 3. The van der Waals surface area contributed by atoms with Crippen LogP contribution in [0.4, 0.5) is 4.79 Å². The van der Waals surface area contributed by atoms with Crippen molar-refractivity contribution in [2.45, 2.75) is 69.0 Å². The SMILES string of the molecule is CC(C)(C)OC(=O)N[C@@H]1CCCN(C(=O)[C@H]2CS[C@]3(c4ccccc4)CCC(=O)N23)C1. The zero-order valence-corrected chi connectivity index (χ0v) is 19.2. The summed E-state index contributed by atoms with van der Waals surface area (Å²) in [6, 6.07) is 9.43. The van der Waals surface area contributed by atoms with E-state index in [0.29, 0.717) is 25.3 Å². The van der Waals surface area contributed by atoms with E-state index in [-0.39, 0.29) is 17.9 Å². The molecule has 168 valence electrons. The molecule has 4 rings (SSSR count). The fourth-order valence-electron chi connectivity index (χ4n) is 4.80. The summed E-state index contributed by atoms with van der Waals surface area (Å²) in [7, 11) is 0. The Morgan fingerprint density at radius 3 is 2.68 bits per heavy atom. The fourth-order valence-corrected chi connectivity index (χ4v) is 6.45. The fraction of sp³-hybridized carbons (Fsp3) is 0.609. The van der Waals surface area contributed by atoms with Gasteiger partial charge in [-0.3, -0.25) is 9.59 Å². The van der Waals surface area contributed by atoms with Crippen LogP contribution >= 0.6 is 11.8 Å². The molecule has 31 heavy (non-hydrogen) atoms. The van der Waals surface area contributed by atoms with Crippen LogP contribution in [0.5, 0.6) is 0 Å². The highest BCUT2D eigenvalue weighted by Crippen LogP contribution is 2.54. The first-order valence-corrected chi connectivity index (χ1v) is 12.0. The zero-order chi connectivity index (χ0) is 22.2. The van der Waals surface area contributed by atoms with E-state index in [1.54, 1.807) is 11.8 Å². The quantitative estimate of drug-likeness (QED) is 0.774. The Balaban J connectivity index is 1.46. The van der Waals surface area contributed by atoms with Gasteiger partial charge in [0.2, 0.25) is 11.8 Å². The maximum atomic E-state index is 13.5. The first-order valence-electron chi connectivity index (χ1n) is 11.0. The Labute approximate surface area is 187 Å². The molecule has 0 aromatic heterocycles. The molecule has 0 unspecified atom stereocenters. The van der Waals surface area contributed by atoms with Gasteiger partial charge in [0.1, 0.15) is 16.5 Å². The van der Waals surface area contributed by atoms with Gasteiger partial charge in [-0.15, -0.1) is 11.8 Å². The van der Waals surface area contributed by atoms with Gasteiger partial charge in [0.05, 0.1) is 0 Å². The van der Waals surface area contributed by atoms with E-state index in [4.69, 9.17) is 4.74 Å². The van der Waals surface area contributed by atoms with Gasteiger partial charge in [-0.2, -0.15) is 0 Å². The number of hydrogen-bond acceptors (Lipinski definition) is 5. The molecule has 0 radical (unpaired) electrons. The molecule has 3 heterocycles. The lowest BCUT2D eigenvalue weighted by molar-refractivity contribution is -0.145. The van der Waals surface area contributed by atoms with Crippen molar-refractivity contribution in [1.82, 2.24) is 15.1 Å². The molecule has 0 bridgehead atoms. The molecule has 3 fully saturated rings. The molecule has 1 aromatic carbocycles. The van der Waals surface area contributed by atoms with Gasteiger partial charge >= 0.3 is 6.09 Å². The number of fused-ring (bicyclic) bond motifs is 1.